The third-order valence-electron chi connectivity index (χ3n) is 3.09. The summed E-state index contributed by atoms with van der Waals surface area (Å²) < 4.78 is 32.0. The van der Waals surface area contributed by atoms with Gasteiger partial charge in [0.25, 0.3) is 0 Å². The van der Waals surface area contributed by atoms with Gasteiger partial charge < -0.3 is 14.8 Å². The van der Waals surface area contributed by atoms with Crippen LogP contribution in [-0.4, -0.2) is 56.6 Å². The maximum atomic E-state index is 11.7. The summed E-state index contributed by atoms with van der Waals surface area (Å²) in [5.41, 5.74) is 1.25. The molecule has 0 saturated carbocycles. The van der Waals surface area contributed by atoms with Crippen molar-refractivity contribution in [1.29, 1.82) is 0 Å². The van der Waals surface area contributed by atoms with E-state index >= 15 is 0 Å². The molecule has 3 N–H and O–H groups in total. The van der Waals surface area contributed by atoms with Crippen molar-refractivity contribution >= 4 is 38.7 Å². The molecule has 1 aromatic carbocycles. The second-order valence-electron chi connectivity index (χ2n) is 4.91. The second kappa shape index (κ2) is 8.32. The van der Waals surface area contributed by atoms with Crippen molar-refractivity contribution in [2.45, 2.75) is 5.03 Å². The Morgan fingerprint density at radius 3 is 2.48 bits per heavy atom. The molecule has 0 radical (unpaired) electrons. The summed E-state index contributed by atoms with van der Waals surface area (Å²) in [5.74, 6) is 0.549. The average Bonchev–Trinajstić information content (AvgIpc) is 2.57. The second-order valence-corrected chi connectivity index (χ2v) is 7.64. The van der Waals surface area contributed by atoms with E-state index in [1.54, 1.807) is 18.3 Å². The number of hydrogen-bond acceptors (Lipinski definition) is 8. The van der Waals surface area contributed by atoms with Crippen molar-refractivity contribution in [1.82, 2.24) is 15.3 Å². The minimum Gasteiger partial charge on any atom is -0.493 e. The van der Waals surface area contributed by atoms with E-state index in [4.69, 9.17) is 14.6 Å². The van der Waals surface area contributed by atoms with E-state index in [0.717, 1.165) is 0 Å². The Morgan fingerprint density at radius 1 is 1.24 bits per heavy atom. The van der Waals surface area contributed by atoms with Crippen LogP contribution >= 0.6 is 11.8 Å². The number of sulfonamides is 1. The molecule has 0 aliphatic rings. The lowest BCUT2D eigenvalue weighted by molar-refractivity contribution is -0.118. The number of fused-ring (bicyclic) bond motifs is 1. The Balaban J connectivity index is 2.00. The number of nitrogens with one attached hydrogen (secondary N) is 1. The van der Waals surface area contributed by atoms with Crippen molar-refractivity contribution in [3.63, 3.8) is 0 Å². The van der Waals surface area contributed by atoms with Crippen LogP contribution in [0.15, 0.2) is 23.4 Å². The first kappa shape index (κ1) is 19.2. The highest BCUT2D eigenvalue weighted by molar-refractivity contribution is 7.99. The summed E-state index contributed by atoms with van der Waals surface area (Å²) in [7, 11) is -0.523. The molecule has 136 valence electrons. The number of amides is 1. The van der Waals surface area contributed by atoms with Gasteiger partial charge in [0.05, 0.1) is 43.0 Å². The van der Waals surface area contributed by atoms with Gasteiger partial charge in [0, 0.05) is 18.7 Å². The molecule has 1 aromatic heterocycles. The van der Waals surface area contributed by atoms with Crippen LogP contribution in [0.5, 0.6) is 11.5 Å². The molecule has 1 amide bonds. The quantitative estimate of drug-likeness (QED) is 0.612. The van der Waals surface area contributed by atoms with Gasteiger partial charge in [0.2, 0.25) is 15.9 Å². The van der Waals surface area contributed by atoms with Gasteiger partial charge in [0.15, 0.2) is 11.5 Å². The maximum absolute atomic E-state index is 11.7. The van der Waals surface area contributed by atoms with E-state index in [0.29, 0.717) is 27.6 Å². The molecule has 0 atom stereocenters. The minimum atomic E-state index is -3.59. The first-order valence-corrected chi connectivity index (χ1v) is 9.81. The van der Waals surface area contributed by atoms with Crippen LogP contribution < -0.4 is 19.9 Å². The topological polar surface area (TPSA) is 134 Å². The number of primary sulfonamides is 1. The highest BCUT2D eigenvalue weighted by Crippen LogP contribution is 2.31. The summed E-state index contributed by atoms with van der Waals surface area (Å²) in [6, 6.07) is 3.42. The molecule has 11 heteroatoms. The molecule has 0 fully saturated rings. The molecule has 0 unspecified atom stereocenters. The van der Waals surface area contributed by atoms with Gasteiger partial charge in [-0.2, -0.15) is 0 Å². The lowest BCUT2D eigenvalue weighted by Gasteiger charge is -2.09. The number of carbonyl (C=O) groups is 1. The number of aromatic nitrogens is 2. The van der Waals surface area contributed by atoms with Gasteiger partial charge in [0.1, 0.15) is 5.03 Å². The van der Waals surface area contributed by atoms with Gasteiger partial charge in [-0.15, -0.1) is 0 Å². The number of thioether (sulfide) groups is 1. The zero-order valence-corrected chi connectivity index (χ0v) is 15.3. The van der Waals surface area contributed by atoms with Crippen LogP contribution in [0.2, 0.25) is 0 Å². The van der Waals surface area contributed by atoms with Crippen LogP contribution in [0.3, 0.4) is 0 Å². The van der Waals surface area contributed by atoms with E-state index in [1.807, 2.05) is 0 Å². The summed E-state index contributed by atoms with van der Waals surface area (Å²) in [6.45, 7) is -0.0291. The number of rotatable bonds is 8. The Bertz CT molecular complexity index is 873. The third-order valence-corrected chi connectivity index (χ3v) is 4.76. The summed E-state index contributed by atoms with van der Waals surface area (Å²) >= 11 is 1.19. The first-order chi connectivity index (χ1) is 11.8. The number of hydrogen-bond donors (Lipinski definition) is 2. The van der Waals surface area contributed by atoms with E-state index in [-0.39, 0.29) is 24.0 Å². The van der Waals surface area contributed by atoms with Gasteiger partial charge in [-0.05, 0) is 0 Å². The zero-order chi connectivity index (χ0) is 18.4. The number of ether oxygens (including phenoxy) is 2. The zero-order valence-electron chi connectivity index (χ0n) is 13.7. The number of carbonyl (C=O) groups excluding carboxylic acids is 1. The van der Waals surface area contributed by atoms with E-state index in [9.17, 15) is 13.2 Å². The van der Waals surface area contributed by atoms with Crippen molar-refractivity contribution in [3.8, 4) is 11.5 Å². The average molecular weight is 386 g/mol. The Hall–Kier alpha value is -2.11. The highest BCUT2D eigenvalue weighted by atomic mass is 32.2. The van der Waals surface area contributed by atoms with Gasteiger partial charge in [-0.1, -0.05) is 11.8 Å². The number of benzene rings is 1. The smallest absolute Gasteiger partial charge is 0.230 e. The van der Waals surface area contributed by atoms with Crippen molar-refractivity contribution < 1.29 is 22.7 Å². The Morgan fingerprint density at radius 2 is 1.88 bits per heavy atom. The van der Waals surface area contributed by atoms with Gasteiger partial charge >= 0.3 is 0 Å². The highest BCUT2D eigenvalue weighted by Gasteiger charge is 2.10. The first-order valence-electron chi connectivity index (χ1n) is 7.11. The van der Waals surface area contributed by atoms with Gasteiger partial charge in [-0.3, -0.25) is 9.78 Å². The third kappa shape index (κ3) is 5.73. The summed E-state index contributed by atoms with van der Waals surface area (Å²) in [5, 5.41) is 7.90. The molecule has 2 rings (SSSR count). The maximum Gasteiger partial charge on any atom is 0.230 e. The number of methoxy groups -OCH3 is 2. The monoisotopic (exact) mass is 386 g/mol. The molecule has 1 heterocycles. The fourth-order valence-electron chi connectivity index (χ4n) is 1.92. The Labute approximate surface area is 149 Å². The molecule has 0 bridgehead atoms. The summed E-state index contributed by atoms with van der Waals surface area (Å²) in [6.07, 6.45) is 1.55. The van der Waals surface area contributed by atoms with Crippen LogP contribution in [0, 0.1) is 0 Å². The molecule has 2 aromatic rings. The van der Waals surface area contributed by atoms with Crippen LogP contribution in [0.4, 0.5) is 0 Å². The molecule has 25 heavy (non-hydrogen) atoms. The molecule has 0 spiro atoms. The fraction of sp³-hybridized carbons (Fsp3) is 0.357. The van der Waals surface area contributed by atoms with Crippen LogP contribution in [0.25, 0.3) is 11.0 Å². The molecule has 9 nitrogen and oxygen atoms in total. The molecular formula is C14H18N4O5S2. The predicted molar refractivity (Wildman–Crippen MR) is 94.3 cm³/mol. The minimum absolute atomic E-state index is 0.0291. The molecular weight excluding hydrogens is 368 g/mol. The number of nitrogens with two attached hydrogens (primary N) is 1. The largest absolute Gasteiger partial charge is 0.493 e. The van der Waals surface area contributed by atoms with Gasteiger partial charge in [-0.25, -0.2) is 18.5 Å². The molecule has 0 saturated heterocycles. The lowest BCUT2D eigenvalue weighted by Crippen LogP contribution is -2.32. The van der Waals surface area contributed by atoms with E-state index in [1.165, 1.54) is 26.0 Å². The van der Waals surface area contributed by atoms with Crippen molar-refractivity contribution in [2.24, 2.45) is 5.14 Å². The van der Waals surface area contributed by atoms with E-state index < -0.39 is 10.0 Å². The van der Waals surface area contributed by atoms with Crippen LogP contribution in [-0.2, 0) is 14.8 Å². The SMILES string of the molecule is COc1cc2ncc(SCC(=O)NCCS(N)(=O)=O)nc2cc1OC. The normalized spacial score (nSPS) is 11.3. The van der Waals surface area contributed by atoms with E-state index in [2.05, 4.69) is 15.3 Å². The van der Waals surface area contributed by atoms with Crippen molar-refractivity contribution in [2.75, 3.05) is 32.3 Å². The molecule has 0 aliphatic carbocycles. The molecule has 0 aliphatic heterocycles. The lowest BCUT2D eigenvalue weighted by atomic mass is 10.2. The van der Waals surface area contributed by atoms with Crippen molar-refractivity contribution in [3.05, 3.63) is 18.3 Å². The van der Waals surface area contributed by atoms with Crippen LogP contribution in [0.1, 0.15) is 0 Å². The predicted octanol–water partition coefficient (Wildman–Crippen LogP) is 0.144. The standard InChI is InChI=1S/C14H18N4O5S2/c1-22-11-5-9-10(6-12(11)23-2)18-14(7-17-9)24-8-13(19)16-3-4-25(15,20)21/h5-7H,3-4,8H2,1-2H3,(H,16,19)(H2,15,20,21). The summed E-state index contributed by atoms with van der Waals surface area (Å²) in [4.78, 5) is 20.4. The fourth-order valence-corrected chi connectivity index (χ4v) is 2.97. The number of nitrogens with zero attached hydrogens (tertiary/aromatic N) is 2. The Kier molecular flexibility index (Phi) is 6.39.